The first-order valence-electron chi connectivity index (χ1n) is 10.2. The molecule has 2 aliphatic heterocycles. The number of carbonyl (C=O) groups excluding carboxylic acids is 1. The smallest absolute Gasteiger partial charge is 0.327 e. The quantitative estimate of drug-likeness (QED) is 0.566. The third kappa shape index (κ3) is 3.33. The van der Waals surface area contributed by atoms with Crippen molar-refractivity contribution >= 4 is 17.5 Å². The van der Waals surface area contributed by atoms with Crippen LogP contribution >= 0.6 is 11.6 Å². The van der Waals surface area contributed by atoms with E-state index in [1.165, 1.54) is 16.9 Å². The first kappa shape index (κ1) is 20.9. The number of rotatable bonds is 2. The van der Waals surface area contributed by atoms with Gasteiger partial charge in [-0.1, -0.05) is 17.7 Å². The monoisotopic (exact) mass is 462 g/mol. The molecule has 0 spiro atoms. The van der Waals surface area contributed by atoms with Gasteiger partial charge in [0.2, 0.25) is 0 Å². The second-order valence-electron chi connectivity index (χ2n) is 7.96. The number of alkyl halides is 3. The van der Waals surface area contributed by atoms with Crippen molar-refractivity contribution in [2.45, 2.75) is 50.9 Å². The van der Waals surface area contributed by atoms with Crippen LogP contribution in [0.25, 0.3) is 5.82 Å². The van der Waals surface area contributed by atoms with Crippen molar-refractivity contribution in [3.8, 4) is 5.82 Å². The van der Waals surface area contributed by atoms with E-state index in [0.29, 0.717) is 30.2 Å². The number of nitrogens with zero attached hydrogens (tertiary/aromatic N) is 6. The molecule has 2 unspecified atom stereocenters. The van der Waals surface area contributed by atoms with Gasteiger partial charge in [0.05, 0.1) is 40.3 Å². The van der Waals surface area contributed by atoms with Crippen molar-refractivity contribution in [3.05, 3.63) is 63.8 Å². The lowest BCUT2D eigenvalue weighted by Gasteiger charge is -2.46. The van der Waals surface area contributed by atoms with Gasteiger partial charge < -0.3 is 4.90 Å². The summed E-state index contributed by atoms with van der Waals surface area (Å²) in [6.07, 6.45) is 1.18. The van der Waals surface area contributed by atoms with E-state index < -0.39 is 22.7 Å². The van der Waals surface area contributed by atoms with E-state index in [4.69, 9.17) is 11.6 Å². The molecule has 2 atom stereocenters. The van der Waals surface area contributed by atoms with Gasteiger partial charge in [-0.05, 0) is 44.7 Å². The van der Waals surface area contributed by atoms with Crippen LogP contribution in [0.3, 0.4) is 0 Å². The molecule has 7 nitrogen and oxygen atoms in total. The van der Waals surface area contributed by atoms with Crippen LogP contribution in [0, 0.1) is 6.92 Å². The SMILES string of the molecule is Cc1nc2c(c(-n3nccn3)n1)CC1CCCC2N1C(=O)c1cccc(C(F)(F)F)c1Cl. The number of benzene rings is 1. The Hall–Kier alpha value is -3.01. The number of piperidine rings is 1. The van der Waals surface area contributed by atoms with Crippen LogP contribution in [-0.4, -0.2) is 41.8 Å². The Balaban J connectivity index is 1.60. The van der Waals surface area contributed by atoms with Crippen molar-refractivity contribution in [3.63, 3.8) is 0 Å². The number of fused-ring (bicyclic) bond motifs is 4. The Morgan fingerprint density at radius 2 is 1.91 bits per heavy atom. The van der Waals surface area contributed by atoms with Gasteiger partial charge in [0.15, 0.2) is 5.82 Å². The minimum atomic E-state index is -4.65. The molecule has 2 aliphatic rings. The molecule has 3 aromatic rings. The van der Waals surface area contributed by atoms with Crippen LogP contribution in [0.5, 0.6) is 0 Å². The highest BCUT2D eigenvalue weighted by molar-refractivity contribution is 6.34. The number of hydrogen-bond acceptors (Lipinski definition) is 5. The lowest BCUT2D eigenvalue weighted by atomic mass is 9.82. The normalized spacial score (nSPS) is 20.2. The van der Waals surface area contributed by atoms with Gasteiger partial charge in [0.25, 0.3) is 5.91 Å². The van der Waals surface area contributed by atoms with Crippen LogP contribution in [-0.2, 0) is 12.6 Å². The third-order valence-electron chi connectivity index (χ3n) is 6.01. The Bertz CT molecular complexity index is 1200. The topological polar surface area (TPSA) is 76.8 Å². The highest BCUT2D eigenvalue weighted by Gasteiger charge is 2.44. The molecule has 1 saturated heterocycles. The van der Waals surface area contributed by atoms with Gasteiger partial charge in [-0.2, -0.15) is 23.4 Å². The molecule has 5 rings (SSSR count). The van der Waals surface area contributed by atoms with Crippen LogP contribution in [0.15, 0.2) is 30.6 Å². The Kier molecular flexibility index (Phi) is 4.92. The zero-order chi connectivity index (χ0) is 22.6. The van der Waals surface area contributed by atoms with Crippen LogP contribution in [0.4, 0.5) is 13.2 Å². The highest BCUT2D eigenvalue weighted by Crippen LogP contribution is 2.44. The molecule has 1 amide bonds. The summed E-state index contributed by atoms with van der Waals surface area (Å²) in [5, 5.41) is 7.80. The Morgan fingerprint density at radius 1 is 1.16 bits per heavy atom. The Morgan fingerprint density at radius 3 is 2.62 bits per heavy atom. The van der Waals surface area contributed by atoms with E-state index in [9.17, 15) is 18.0 Å². The fourth-order valence-corrected chi connectivity index (χ4v) is 5.02. The van der Waals surface area contributed by atoms with E-state index in [1.54, 1.807) is 24.2 Å². The minimum Gasteiger partial charge on any atom is -0.327 e. The maximum Gasteiger partial charge on any atom is 0.417 e. The largest absolute Gasteiger partial charge is 0.417 e. The molecule has 1 aromatic carbocycles. The molecule has 11 heteroatoms. The van der Waals surface area contributed by atoms with Crippen molar-refractivity contribution in [2.24, 2.45) is 0 Å². The predicted molar refractivity (Wildman–Crippen MR) is 108 cm³/mol. The second kappa shape index (κ2) is 7.54. The van der Waals surface area contributed by atoms with Crippen molar-refractivity contribution in [2.75, 3.05) is 0 Å². The molecule has 32 heavy (non-hydrogen) atoms. The number of carbonyl (C=O) groups is 1. The fourth-order valence-electron chi connectivity index (χ4n) is 4.71. The summed E-state index contributed by atoms with van der Waals surface area (Å²) < 4.78 is 40.0. The average Bonchev–Trinajstić information content (AvgIpc) is 3.27. The Labute approximate surface area is 186 Å². The van der Waals surface area contributed by atoms with E-state index >= 15 is 0 Å². The number of hydrogen-bond donors (Lipinski definition) is 0. The average molecular weight is 463 g/mol. The molecule has 2 bridgehead atoms. The first-order chi connectivity index (χ1) is 15.3. The van der Waals surface area contributed by atoms with E-state index in [-0.39, 0.29) is 17.6 Å². The van der Waals surface area contributed by atoms with Crippen molar-refractivity contribution < 1.29 is 18.0 Å². The summed E-state index contributed by atoms with van der Waals surface area (Å²) in [6.45, 7) is 1.75. The maximum absolute atomic E-state index is 13.5. The summed E-state index contributed by atoms with van der Waals surface area (Å²) in [5.41, 5.74) is 0.386. The lowest BCUT2D eigenvalue weighted by Crippen LogP contribution is -2.50. The molecule has 1 fully saturated rings. The predicted octanol–water partition coefficient (Wildman–Crippen LogP) is 4.33. The van der Waals surface area contributed by atoms with E-state index in [2.05, 4.69) is 20.2 Å². The molecule has 0 N–H and O–H groups in total. The summed E-state index contributed by atoms with van der Waals surface area (Å²) in [5.74, 6) is 0.555. The number of amides is 1. The van der Waals surface area contributed by atoms with Gasteiger partial charge >= 0.3 is 6.18 Å². The lowest BCUT2D eigenvalue weighted by molar-refractivity contribution is -0.137. The molecule has 0 aliphatic carbocycles. The van der Waals surface area contributed by atoms with Gasteiger partial charge in [0.1, 0.15) is 5.82 Å². The van der Waals surface area contributed by atoms with Gasteiger partial charge in [0, 0.05) is 11.6 Å². The molecule has 2 aromatic heterocycles. The van der Waals surface area contributed by atoms with Crippen LogP contribution in [0.2, 0.25) is 5.02 Å². The number of halogens is 4. The zero-order valence-corrected chi connectivity index (χ0v) is 17.7. The molecular formula is C21H18ClF3N6O. The second-order valence-corrected chi connectivity index (χ2v) is 8.34. The summed E-state index contributed by atoms with van der Waals surface area (Å²) in [4.78, 5) is 25.7. The van der Waals surface area contributed by atoms with Crippen molar-refractivity contribution in [1.29, 1.82) is 0 Å². The van der Waals surface area contributed by atoms with Crippen LogP contribution < -0.4 is 0 Å². The molecule has 0 radical (unpaired) electrons. The first-order valence-corrected chi connectivity index (χ1v) is 10.6. The number of aromatic nitrogens is 5. The molecular weight excluding hydrogens is 445 g/mol. The van der Waals surface area contributed by atoms with Crippen molar-refractivity contribution in [1.82, 2.24) is 29.9 Å². The molecule has 4 heterocycles. The third-order valence-corrected chi connectivity index (χ3v) is 6.41. The zero-order valence-electron chi connectivity index (χ0n) is 17.0. The minimum absolute atomic E-state index is 0.151. The number of aryl methyl sites for hydroxylation is 1. The summed E-state index contributed by atoms with van der Waals surface area (Å²) in [6, 6.07) is 2.84. The molecule has 0 saturated carbocycles. The summed E-state index contributed by atoms with van der Waals surface area (Å²) >= 11 is 6.07. The van der Waals surface area contributed by atoms with Crippen LogP contribution in [0.1, 0.15) is 58.3 Å². The molecule has 166 valence electrons. The van der Waals surface area contributed by atoms with Gasteiger partial charge in [-0.25, -0.2) is 9.97 Å². The van der Waals surface area contributed by atoms with E-state index in [0.717, 1.165) is 24.5 Å². The standard InChI is InChI=1S/C21H18ClF3N6O/c1-11-28-18-14(19(29-11)31-26-8-9-27-31)10-12-4-2-7-16(18)30(12)20(32)13-5-3-6-15(17(13)22)21(23,24)25/h3,5-6,8-9,12,16H,2,4,7,10H2,1H3. The maximum atomic E-state index is 13.5. The van der Waals surface area contributed by atoms with Gasteiger partial charge in [-0.3, -0.25) is 4.79 Å². The van der Waals surface area contributed by atoms with Gasteiger partial charge in [-0.15, -0.1) is 4.80 Å². The summed E-state index contributed by atoms with van der Waals surface area (Å²) in [7, 11) is 0. The van der Waals surface area contributed by atoms with E-state index in [1.807, 2.05) is 0 Å². The highest BCUT2D eigenvalue weighted by atomic mass is 35.5. The fraction of sp³-hybridized carbons (Fsp3) is 0.381.